The number of amides is 1. The van der Waals surface area contributed by atoms with Crippen LogP contribution >= 0.6 is 11.3 Å². The lowest BCUT2D eigenvalue weighted by molar-refractivity contribution is -0.120. The van der Waals surface area contributed by atoms with Crippen molar-refractivity contribution in [1.29, 1.82) is 0 Å². The highest BCUT2D eigenvalue weighted by Crippen LogP contribution is 2.36. The second kappa shape index (κ2) is 6.84. The van der Waals surface area contributed by atoms with Crippen LogP contribution in [0.1, 0.15) is 0 Å². The first-order chi connectivity index (χ1) is 12.7. The summed E-state index contributed by atoms with van der Waals surface area (Å²) in [4.78, 5) is 19.2. The summed E-state index contributed by atoms with van der Waals surface area (Å²) in [6.07, 6.45) is 0. The first kappa shape index (κ1) is 16.7. The van der Waals surface area contributed by atoms with E-state index in [1.807, 2.05) is 42.5 Å². The highest BCUT2D eigenvalue weighted by Gasteiger charge is 2.34. The molecule has 0 atom stereocenters. The summed E-state index contributed by atoms with van der Waals surface area (Å²) in [7, 11) is 3.26. The number of hydrogen-bond donors (Lipinski definition) is 1. The van der Waals surface area contributed by atoms with E-state index < -0.39 is 0 Å². The fraction of sp³-hybridized carbons (Fsp3) is 0.263. The zero-order valence-electron chi connectivity index (χ0n) is 14.6. The van der Waals surface area contributed by atoms with Crippen LogP contribution in [0.25, 0.3) is 10.2 Å². The molecule has 1 aromatic heterocycles. The minimum Gasteiger partial charge on any atom is -0.497 e. The minimum absolute atomic E-state index is 0.0215. The van der Waals surface area contributed by atoms with Crippen molar-refractivity contribution >= 4 is 38.3 Å². The molecular weight excluding hydrogens is 350 g/mol. The summed E-state index contributed by atoms with van der Waals surface area (Å²) < 4.78 is 11.6. The van der Waals surface area contributed by atoms with Gasteiger partial charge >= 0.3 is 0 Å². The number of benzene rings is 2. The van der Waals surface area contributed by atoms with Crippen LogP contribution in [0.15, 0.2) is 42.5 Å². The maximum absolute atomic E-state index is 12.4. The van der Waals surface area contributed by atoms with E-state index in [2.05, 4.69) is 15.2 Å². The number of carbonyl (C=O) groups is 1. The SMILES string of the molecule is COc1cccc(NC(=O)C2CN(c3nc4c(OC)cccc4s3)C2)c1. The summed E-state index contributed by atoms with van der Waals surface area (Å²) in [5.41, 5.74) is 1.62. The van der Waals surface area contributed by atoms with E-state index in [-0.39, 0.29) is 11.8 Å². The lowest BCUT2D eigenvalue weighted by atomic mass is 10.00. The maximum Gasteiger partial charge on any atom is 0.231 e. The van der Waals surface area contributed by atoms with E-state index in [1.54, 1.807) is 25.6 Å². The third-order valence-corrected chi connectivity index (χ3v) is 5.53. The Morgan fingerprint density at radius 2 is 2.00 bits per heavy atom. The van der Waals surface area contributed by atoms with Gasteiger partial charge < -0.3 is 19.7 Å². The van der Waals surface area contributed by atoms with Crippen LogP contribution in [0.3, 0.4) is 0 Å². The first-order valence-electron chi connectivity index (χ1n) is 8.31. The van der Waals surface area contributed by atoms with Crippen molar-refractivity contribution in [2.75, 3.05) is 37.5 Å². The Balaban J connectivity index is 1.41. The number of methoxy groups -OCH3 is 2. The van der Waals surface area contributed by atoms with E-state index >= 15 is 0 Å². The molecule has 0 saturated carbocycles. The number of aromatic nitrogens is 1. The highest BCUT2D eigenvalue weighted by molar-refractivity contribution is 7.22. The van der Waals surface area contributed by atoms with Gasteiger partial charge in [-0.3, -0.25) is 4.79 Å². The number of hydrogen-bond acceptors (Lipinski definition) is 6. The molecule has 7 heteroatoms. The Hall–Kier alpha value is -2.80. The molecule has 0 aliphatic carbocycles. The van der Waals surface area contributed by atoms with E-state index in [9.17, 15) is 4.79 Å². The molecule has 26 heavy (non-hydrogen) atoms. The Bertz CT molecular complexity index is 950. The topological polar surface area (TPSA) is 63.7 Å². The number of fused-ring (bicyclic) bond motifs is 1. The van der Waals surface area contributed by atoms with Gasteiger partial charge in [-0.15, -0.1) is 0 Å². The highest BCUT2D eigenvalue weighted by atomic mass is 32.1. The number of carbonyl (C=O) groups excluding carboxylic acids is 1. The normalized spacial score (nSPS) is 14.2. The molecule has 134 valence electrons. The second-order valence-electron chi connectivity index (χ2n) is 6.13. The third kappa shape index (κ3) is 3.06. The molecule has 1 N–H and O–H groups in total. The van der Waals surface area contributed by atoms with Crippen LogP contribution in [0.5, 0.6) is 11.5 Å². The van der Waals surface area contributed by atoms with Crippen molar-refractivity contribution in [2.45, 2.75) is 0 Å². The largest absolute Gasteiger partial charge is 0.497 e. The smallest absolute Gasteiger partial charge is 0.231 e. The van der Waals surface area contributed by atoms with Gasteiger partial charge in [0.2, 0.25) is 5.91 Å². The van der Waals surface area contributed by atoms with Gasteiger partial charge in [-0.1, -0.05) is 23.5 Å². The van der Waals surface area contributed by atoms with Crippen molar-refractivity contribution in [1.82, 2.24) is 4.98 Å². The number of ether oxygens (including phenoxy) is 2. The van der Waals surface area contributed by atoms with E-state index in [4.69, 9.17) is 9.47 Å². The lowest BCUT2D eigenvalue weighted by Gasteiger charge is -2.37. The summed E-state index contributed by atoms with van der Waals surface area (Å²) in [6, 6.07) is 13.3. The molecule has 1 aliphatic heterocycles. The second-order valence-corrected chi connectivity index (χ2v) is 7.14. The minimum atomic E-state index is -0.0462. The number of anilines is 2. The molecule has 2 aromatic carbocycles. The molecule has 3 aromatic rings. The molecule has 0 radical (unpaired) electrons. The predicted molar refractivity (Wildman–Crippen MR) is 103 cm³/mol. The number of thiazole rings is 1. The maximum atomic E-state index is 12.4. The van der Waals surface area contributed by atoms with Gasteiger partial charge in [-0.05, 0) is 24.3 Å². The molecule has 4 rings (SSSR count). The summed E-state index contributed by atoms with van der Waals surface area (Å²) in [5, 5.41) is 3.88. The van der Waals surface area contributed by atoms with Crippen LogP contribution in [-0.4, -0.2) is 38.2 Å². The first-order valence-corrected chi connectivity index (χ1v) is 9.13. The van der Waals surface area contributed by atoms with Gasteiger partial charge in [0, 0.05) is 24.8 Å². The van der Waals surface area contributed by atoms with E-state index in [0.717, 1.165) is 32.5 Å². The summed E-state index contributed by atoms with van der Waals surface area (Å²) in [6.45, 7) is 1.33. The summed E-state index contributed by atoms with van der Waals surface area (Å²) in [5.74, 6) is 1.47. The zero-order valence-corrected chi connectivity index (χ0v) is 15.4. The molecule has 0 unspecified atom stereocenters. The van der Waals surface area contributed by atoms with E-state index in [0.29, 0.717) is 13.1 Å². The molecule has 1 saturated heterocycles. The lowest BCUT2D eigenvalue weighted by Crippen LogP contribution is -2.52. The molecule has 0 spiro atoms. The Kier molecular flexibility index (Phi) is 4.38. The van der Waals surface area contributed by atoms with Gasteiger partial charge in [-0.2, -0.15) is 0 Å². The Labute approximate surface area is 155 Å². The number of nitrogens with one attached hydrogen (secondary N) is 1. The zero-order chi connectivity index (χ0) is 18.1. The van der Waals surface area contributed by atoms with Gasteiger partial charge in [0.1, 0.15) is 17.0 Å². The van der Waals surface area contributed by atoms with Crippen LogP contribution in [0.4, 0.5) is 10.8 Å². The average Bonchev–Trinajstić information content (AvgIpc) is 3.04. The van der Waals surface area contributed by atoms with Crippen molar-refractivity contribution in [3.05, 3.63) is 42.5 Å². The Morgan fingerprint density at radius 1 is 1.19 bits per heavy atom. The quantitative estimate of drug-likeness (QED) is 0.747. The monoisotopic (exact) mass is 369 g/mol. The van der Waals surface area contributed by atoms with Crippen molar-refractivity contribution in [2.24, 2.45) is 5.92 Å². The van der Waals surface area contributed by atoms with Crippen LogP contribution < -0.4 is 19.7 Å². The van der Waals surface area contributed by atoms with Gasteiger partial charge in [0.05, 0.1) is 24.8 Å². The van der Waals surface area contributed by atoms with Gasteiger partial charge in [0.15, 0.2) is 5.13 Å². The Morgan fingerprint density at radius 3 is 2.77 bits per heavy atom. The van der Waals surface area contributed by atoms with Gasteiger partial charge in [-0.25, -0.2) is 4.98 Å². The molecule has 1 fully saturated rings. The predicted octanol–water partition coefficient (Wildman–Crippen LogP) is 3.39. The average molecular weight is 369 g/mol. The molecule has 0 bridgehead atoms. The van der Waals surface area contributed by atoms with Crippen molar-refractivity contribution in [3.63, 3.8) is 0 Å². The molecule has 1 aliphatic rings. The molecule has 2 heterocycles. The number of para-hydroxylation sites is 1. The third-order valence-electron chi connectivity index (χ3n) is 4.45. The fourth-order valence-corrected chi connectivity index (χ4v) is 3.96. The molecular formula is C19H19N3O3S. The number of rotatable bonds is 5. The summed E-state index contributed by atoms with van der Waals surface area (Å²) >= 11 is 1.62. The van der Waals surface area contributed by atoms with Crippen molar-refractivity contribution < 1.29 is 14.3 Å². The van der Waals surface area contributed by atoms with Crippen LogP contribution in [0, 0.1) is 5.92 Å². The molecule has 6 nitrogen and oxygen atoms in total. The van der Waals surface area contributed by atoms with Crippen LogP contribution in [-0.2, 0) is 4.79 Å². The fourth-order valence-electron chi connectivity index (χ4n) is 2.96. The van der Waals surface area contributed by atoms with Crippen LogP contribution in [0.2, 0.25) is 0 Å². The standard InChI is InChI=1S/C19H19N3O3S/c1-24-14-6-3-5-13(9-14)20-18(23)12-10-22(11-12)19-21-17-15(25-2)7-4-8-16(17)26-19/h3-9,12H,10-11H2,1-2H3,(H,20,23). The molecule has 1 amide bonds. The van der Waals surface area contributed by atoms with Gasteiger partial charge in [0.25, 0.3) is 0 Å². The number of nitrogens with zero attached hydrogens (tertiary/aromatic N) is 2. The van der Waals surface area contributed by atoms with Crippen molar-refractivity contribution in [3.8, 4) is 11.5 Å². The van der Waals surface area contributed by atoms with E-state index in [1.165, 1.54) is 0 Å².